The number of rotatable bonds is 6. The third-order valence-electron chi connectivity index (χ3n) is 4.75. The first-order chi connectivity index (χ1) is 14.4. The summed E-state index contributed by atoms with van der Waals surface area (Å²) < 4.78 is 31.4. The molecule has 13 heteroatoms. The molecule has 0 bridgehead atoms. The van der Waals surface area contributed by atoms with E-state index in [4.69, 9.17) is 28.4 Å². The molecule has 0 amide bonds. The minimum absolute atomic E-state index is 0.461. The maximum absolute atomic E-state index is 11.6. The fourth-order valence-corrected chi connectivity index (χ4v) is 3.35. The highest BCUT2D eigenvalue weighted by molar-refractivity contribution is 5.68. The topological polar surface area (TPSA) is 188 Å². The fraction of sp³-hybridized carbons (Fsp3) is 0.833. The summed E-state index contributed by atoms with van der Waals surface area (Å²) in [5.74, 6) is -2.39. The molecule has 0 unspecified atom stereocenters. The van der Waals surface area contributed by atoms with Crippen molar-refractivity contribution in [3.05, 3.63) is 0 Å². The van der Waals surface area contributed by atoms with Crippen molar-refractivity contribution in [1.82, 2.24) is 0 Å². The second kappa shape index (κ2) is 10.6. The van der Waals surface area contributed by atoms with Crippen LogP contribution in [-0.2, 0) is 42.8 Å². The van der Waals surface area contributed by atoms with Gasteiger partial charge in [0.05, 0.1) is 12.7 Å². The molecule has 2 saturated heterocycles. The summed E-state index contributed by atoms with van der Waals surface area (Å²) in [7, 11) is 0. The molecular formula is C18H28O13. The second-order valence-electron chi connectivity index (χ2n) is 7.30. The van der Waals surface area contributed by atoms with Crippen LogP contribution in [0.25, 0.3) is 0 Å². The van der Waals surface area contributed by atoms with E-state index in [1.165, 1.54) is 6.92 Å². The van der Waals surface area contributed by atoms with Gasteiger partial charge in [-0.2, -0.15) is 0 Å². The summed E-state index contributed by atoms with van der Waals surface area (Å²) >= 11 is 0. The van der Waals surface area contributed by atoms with Gasteiger partial charge in [-0.1, -0.05) is 0 Å². The van der Waals surface area contributed by atoms with Crippen molar-refractivity contribution in [2.45, 2.75) is 89.1 Å². The Morgan fingerprint density at radius 2 is 1.26 bits per heavy atom. The largest absolute Gasteiger partial charge is 0.456 e. The van der Waals surface area contributed by atoms with Crippen molar-refractivity contribution in [2.75, 3.05) is 6.61 Å². The lowest BCUT2D eigenvalue weighted by Crippen LogP contribution is -2.63. The van der Waals surface area contributed by atoms with Crippen LogP contribution in [0.3, 0.4) is 0 Å². The highest BCUT2D eigenvalue weighted by atomic mass is 16.7. The van der Waals surface area contributed by atoms with Crippen LogP contribution in [0, 0.1) is 0 Å². The number of ether oxygens (including phenoxy) is 6. The maximum Gasteiger partial charge on any atom is 0.303 e. The maximum atomic E-state index is 11.6. The molecular weight excluding hydrogens is 424 g/mol. The first-order valence-electron chi connectivity index (χ1n) is 9.58. The van der Waals surface area contributed by atoms with Gasteiger partial charge in [-0.15, -0.1) is 0 Å². The molecule has 0 aromatic carbocycles. The zero-order valence-corrected chi connectivity index (χ0v) is 17.4. The van der Waals surface area contributed by atoms with Crippen molar-refractivity contribution in [3.8, 4) is 0 Å². The Hall–Kier alpha value is -1.87. The van der Waals surface area contributed by atoms with Gasteiger partial charge in [0, 0.05) is 20.8 Å². The molecule has 10 atom stereocenters. The first kappa shape index (κ1) is 25.4. The zero-order valence-electron chi connectivity index (χ0n) is 17.4. The van der Waals surface area contributed by atoms with Gasteiger partial charge in [-0.3, -0.25) is 14.4 Å². The molecule has 31 heavy (non-hydrogen) atoms. The number of carbonyl (C=O) groups excluding carboxylic acids is 3. The first-order valence-corrected chi connectivity index (χ1v) is 9.58. The highest BCUT2D eigenvalue weighted by Gasteiger charge is 2.52. The molecule has 0 aromatic heterocycles. The Morgan fingerprint density at radius 3 is 1.81 bits per heavy atom. The molecule has 2 fully saturated rings. The summed E-state index contributed by atoms with van der Waals surface area (Å²) in [6.45, 7) is 4.22. The van der Waals surface area contributed by atoms with Crippen molar-refractivity contribution < 1.29 is 63.2 Å². The SMILES string of the molecule is CC(=O)O[C@@H]1[C@@H](OC(C)=O)[C@@H](O)O[C@H](CO[C@H]2O[C@@H](C)[C@H](O)[C@@H](O)[C@H]2O)[C@H]1OC(C)=O. The average molecular weight is 452 g/mol. The van der Waals surface area contributed by atoms with Gasteiger partial charge in [0.2, 0.25) is 0 Å². The molecule has 4 N–H and O–H groups in total. The van der Waals surface area contributed by atoms with Crippen LogP contribution in [-0.4, -0.2) is 106 Å². The van der Waals surface area contributed by atoms with Crippen LogP contribution < -0.4 is 0 Å². The van der Waals surface area contributed by atoms with Crippen molar-refractivity contribution in [2.24, 2.45) is 0 Å². The monoisotopic (exact) mass is 452 g/mol. The summed E-state index contributed by atoms with van der Waals surface area (Å²) in [4.78, 5) is 34.6. The Kier molecular flexibility index (Phi) is 8.71. The van der Waals surface area contributed by atoms with Crippen LogP contribution in [0.2, 0.25) is 0 Å². The predicted octanol–water partition coefficient (Wildman–Crippen LogP) is -2.66. The van der Waals surface area contributed by atoms with E-state index in [2.05, 4.69) is 0 Å². The van der Waals surface area contributed by atoms with E-state index in [9.17, 15) is 34.8 Å². The van der Waals surface area contributed by atoms with E-state index in [1.807, 2.05) is 0 Å². The average Bonchev–Trinajstić information content (AvgIpc) is 2.66. The Labute approximate surface area is 177 Å². The smallest absolute Gasteiger partial charge is 0.303 e. The van der Waals surface area contributed by atoms with Crippen LogP contribution in [0.4, 0.5) is 0 Å². The van der Waals surface area contributed by atoms with Gasteiger partial charge in [-0.25, -0.2) is 0 Å². The minimum Gasteiger partial charge on any atom is -0.456 e. The number of esters is 3. The number of aliphatic hydroxyl groups is 4. The number of hydrogen-bond acceptors (Lipinski definition) is 13. The zero-order chi connectivity index (χ0) is 23.5. The van der Waals surface area contributed by atoms with Gasteiger partial charge < -0.3 is 48.8 Å². The van der Waals surface area contributed by atoms with E-state index in [0.717, 1.165) is 20.8 Å². The molecule has 0 radical (unpaired) electrons. The standard InChI is InChI=1S/C18H28O13/c1-6-11(22)12(23)13(24)18(27-6)26-5-10-14(28-7(2)19)15(29-8(3)20)16(17(25)31-10)30-9(4)21/h6,10-18,22-25H,5H2,1-4H3/t6-,10+,11-,12+,13+,14+,15-,16+,17-,18-/m0/s1. The van der Waals surface area contributed by atoms with Crippen molar-refractivity contribution in [3.63, 3.8) is 0 Å². The van der Waals surface area contributed by atoms with Gasteiger partial charge in [-0.05, 0) is 6.92 Å². The van der Waals surface area contributed by atoms with Crippen molar-refractivity contribution in [1.29, 1.82) is 0 Å². The van der Waals surface area contributed by atoms with Crippen LogP contribution >= 0.6 is 0 Å². The summed E-state index contributed by atoms with van der Waals surface area (Å²) in [6.07, 6.45) is -14.0. The molecule has 13 nitrogen and oxygen atoms in total. The molecule has 0 spiro atoms. The lowest BCUT2D eigenvalue weighted by Gasteiger charge is -2.44. The molecule has 2 aliphatic rings. The minimum atomic E-state index is -1.77. The van der Waals surface area contributed by atoms with E-state index < -0.39 is 85.9 Å². The predicted molar refractivity (Wildman–Crippen MR) is 95.8 cm³/mol. The molecule has 178 valence electrons. The third kappa shape index (κ3) is 6.32. The third-order valence-corrected chi connectivity index (χ3v) is 4.75. The lowest BCUT2D eigenvalue weighted by atomic mass is 9.98. The molecule has 2 rings (SSSR count). The molecule has 2 heterocycles. The van der Waals surface area contributed by atoms with Crippen LogP contribution in [0.15, 0.2) is 0 Å². The molecule has 2 aliphatic heterocycles. The van der Waals surface area contributed by atoms with Crippen molar-refractivity contribution >= 4 is 17.9 Å². The van der Waals surface area contributed by atoms with Crippen LogP contribution in [0.5, 0.6) is 0 Å². The number of hydrogen-bond donors (Lipinski definition) is 4. The second-order valence-corrected chi connectivity index (χ2v) is 7.30. The van der Waals surface area contributed by atoms with E-state index in [1.54, 1.807) is 0 Å². The highest BCUT2D eigenvalue weighted by Crippen LogP contribution is 2.29. The van der Waals surface area contributed by atoms with Gasteiger partial charge in [0.1, 0.15) is 24.4 Å². The molecule has 0 saturated carbocycles. The lowest BCUT2D eigenvalue weighted by molar-refractivity contribution is -0.324. The summed E-state index contributed by atoms with van der Waals surface area (Å²) in [5, 5.41) is 40.0. The van der Waals surface area contributed by atoms with Gasteiger partial charge in [0.15, 0.2) is 30.9 Å². The normalized spacial score (nSPS) is 40.6. The molecule has 0 aliphatic carbocycles. The van der Waals surface area contributed by atoms with Gasteiger partial charge in [0.25, 0.3) is 0 Å². The van der Waals surface area contributed by atoms with Crippen LogP contribution in [0.1, 0.15) is 27.7 Å². The van der Waals surface area contributed by atoms with E-state index in [0.29, 0.717) is 0 Å². The summed E-state index contributed by atoms with van der Waals surface area (Å²) in [5.41, 5.74) is 0. The van der Waals surface area contributed by atoms with Gasteiger partial charge >= 0.3 is 17.9 Å². The Bertz CT molecular complexity index is 654. The van der Waals surface area contributed by atoms with E-state index in [-0.39, 0.29) is 0 Å². The molecule has 0 aromatic rings. The Balaban J connectivity index is 2.20. The summed E-state index contributed by atoms with van der Waals surface area (Å²) in [6, 6.07) is 0. The number of aliphatic hydroxyl groups excluding tert-OH is 4. The quantitative estimate of drug-likeness (QED) is 0.242. The number of carbonyl (C=O) groups is 3. The fourth-order valence-electron chi connectivity index (χ4n) is 3.35. The Morgan fingerprint density at radius 1 is 0.742 bits per heavy atom. The van der Waals surface area contributed by atoms with E-state index >= 15 is 0 Å².